The number of hydrogen-bond acceptors (Lipinski definition) is 10. The molecule has 3 heterocycles. The van der Waals surface area contributed by atoms with Crippen molar-refractivity contribution in [3.05, 3.63) is 52.6 Å². The molecule has 0 aliphatic carbocycles. The molecule has 3 atom stereocenters. The Labute approximate surface area is 216 Å². The van der Waals surface area contributed by atoms with Crippen molar-refractivity contribution in [3.63, 3.8) is 0 Å². The molecule has 1 saturated heterocycles. The van der Waals surface area contributed by atoms with Crippen LogP contribution in [0.5, 0.6) is 0 Å². The molecule has 2 amide bonds. The lowest BCUT2D eigenvalue weighted by molar-refractivity contribution is -0.143. The molecule has 0 spiro atoms. The van der Waals surface area contributed by atoms with E-state index in [1.165, 1.54) is 10.9 Å². The van der Waals surface area contributed by atoms with Gasteiger partial charge in [0.2, 0.25) is 11.9 Å². The number of aliphatic hydroxyl groups excluding tert-OH is 1. The summed E-state index contributed by atoms with van der Waals surface area (Å²) >= 11 is 0. The van der Waals surface area contributed by atoms with Crippen LogP contribution in [0.1, 0.15) is 32.1 Å². The molecular weight excluding hydrogens is 500 g/mol. The van der Waals surface area contributed by atoms with Crippen LogP contribution in [0.25, 0.3) is 11.2 Å². The van der Waals surface area contributed by atoms with Crippen molar-refractivity contribution in [1.82, 2.24) is 24.8 Å². The fourth-order valence-corrected chi connectivity index (χ4v) is 3.73. The van der Waals surface area contributed by atoms with E-state index in [9.17, 15) is 24.3 Å². The number of fused-ring (bicyclic) bond motifs is 1. The number of imidazole rings is 1. The lowest BCUT2D eigenvalue weighted by Crippen LogP contribution is -2.37. The second-order valence-electron chi connectivity index (χ2n) is 8.87. The Bertz CT molecular complexity index is 1350. The molecule has 1 aromatic carbocycles. The number of hydrogen-bond donors (Lipinski definition) is 4. The number of aromatic amines is 1. The lowest BCUT2D eigenvalue weighted by atomic mass is 10.2. The Morgan fingerprint density at radius 3 is 2.74 bits per heavy atom. The number of anilines is 1. The smallest absolute Gasteiger partial charge is 0.408 e. The summed E-state index contributed by atoms with van der Waals surface area (Å²) in [5, 5.41) is 14.6. The van der Waals surface area contributed by atoms with Crippen molar-refractivity contribution in [1.29, 1.82) is 0 Å². The predicted octanol–water partition coefficient (Wildman–Crippen LogP) is 0.832. The third-order valence-electron chi connectivity index (χ3n) is 5.75. The lowest BCUT2D eigenvalue weighted by Gasteiger charge is -2.16. The molecule has 0 bridgehead atoms. The van der Waals surface area contributed by atoms with Crippen LogP contribution in [0.2, 0.25) is 0 Å². The first-order chi connectivity index (χ1) is 18.2. The van der Waals surface area contributed by atoms with Crippen LogP contribution in [0, 0.1) is 5.92 Å². The van der Waals surface area contributed by atoms with E-state index in [1.54, 1.807) is 26.0 Å². The van der Waals surface area contributed by atoms with Crippen LogP contribution in [0.3, 0.4) is 0 Å². The van der Waals surface area contributed by atoms with Gasteiger partial charge in [0.1, 0.15) is 31.6 Å². The molecule has 38 heavy (non-hydrogen) atoms. The van der Waals surface area contributed by atoms with Crippen molar-refractivity contribution >= 4 is 35.1 Å². The number of amides is 2. The van der Waals surface area contributed by atoms with E-state index < -0.39 is 49.2 Å². The predicted molar refractivity (Wildman–Crippen MR) is 132 cm³/mol. The largest absolute Gasteiger partial charge is 0.460 e. The number of benzene rings is 1. The minimum atomic E-state index is -0.891. The topological polar surface area (TPSA) is 187 Å². The maximum atomic E-state index is 12.4. The number of nitrogens with one attached hydrogen (secondary N) is 3. The molecule has 0 saturated carbocycles. The zero-order valence-corrected chi connectivity index (χ0v) is 20.7. The Balaban J connectivity index is 1.37. The van der Waals surface area contributed by atoms with Gasteiger partial charge in [0, 0.05) is 12.3 Å². The fraction of sp³-hybridized carbons (Fsp3) is 0.417. The number of H-pyrrole nitrogens is 1. The van der Waals surface area contributed by atoms with Gasteiger partial charge in [0.15, 0.2) is 11.2 Å². The normalized spacial score (nSPS) is 18.9. The summed E-state index contributed by atoms with van der Waals surface area (Å²) < 4.78 is 17.8. The summed E-state index contributed by atoms with van der Waals surface area (Å²) in [6.45, 7) is 2.60. The molecule has 3 aromatic rings. The minimum absolute atomic E-state index is 0.0211. The summed E-state index contributed by atoms with van der Waals surface area (Å²) in [7, 11) is 0. The van der Waals surface area contributed by atoms with Gasteiger partial charge in [-0.2, -0.15) is 4.98 Å². The number of ether oxygens (including phenoxy) is 3. The molecule has 1 aliphatic rings. The summed E-state index contributed by atoms with van der Waals surface area (Å²) in [5.41, 5.74) is 0.408. The zero-order valence-electron chi connectivity index (χ0n) is 20.7. The van der Waals surface area contributed by atoms with Crippen LogP contribution in [0.15, 0.2) is 41.5 Å². The number of esters is 1. The molecule has 4 rings (SSSR count). The number of nitrogens with zero attached hydrogens (tertiary/aromatic N) is 3. The van der Waals surface area contributed by atoms with Crippen LogP contribution in [0.4, 0.5) is 10.7 Å². The van der Waals surface area contributed by atoms with E-state index in [-0.39, 0.29) is 42.0 Å². The third kappa shape index (κ3) is 6.33. The summed E-state index contributed by atoms with van der Waals surface area (Å²) in [4.78, 5) is 59.5. The van der Waals surface area contributed by atoms with Crippen molar-refractivity contribution in [2.24, 2.45) is 5.92 Å². The van der Waals surface area contributed by atoms with Gasteiger partial charge in [-0.3, -0.25) is 29.3 Å². The van der Waals surface area contributed by atoms with Crippen molar-refractivity contribution in [2.75, 3.05) is 18.5 Å². The molecule has 1 aliphatic heterocycles. The molecule has 1 fully saturated rings. The summed E-state index contributed by atoms with van der Waals surface area (Å²) in [5.74, 6) is -1.36. The van der Waals surface area contributed by atoms with Gasteiger partial charge >= 0.3 is 12.1 Å². The van der Waals surface area contributed by atoms with Crippen LogP contribution < -0.4 is 16.2 Å². The number of aromatic nitrogens is 4. The highest BCUT2D eigenvalue weighted by Gasteiger charge is 2.39. The SMILES string of the molecule is CC(C)C(=O)Nc1nc2c(ncn2C2CC(OC(=O)NCC(=O)OCc3ccccc3)C(CO)O2)c(=O)[nH]1. The van der Waals surface area contributed by atoms with E-state index in [0.717, 1.165) is 5.56 Å². The van der Waals surface area contributed by atoms with Gasteiger partial charge in [-0.25, -0.2) is 9.78 Å². The molecule has 4 N–H and O–H groups in total. The van der Waals surface area contributed by atoms with E-state index >= 15 is 0 Å². The van der Waals surface area contributed by atoms with Gasteiger partial charge in [-0.15, -0.1) is 0 Å². The highest BCUT2D eigenvalue weighted by Crippen LogP contribution is 2.32. The van der Waals surface area contributed by atoms with Crippen molar-refractivity contribution in [3.8, 4) is 0 Å². The Morgan fingerprint density at radius 1 is 1.26 bits per heavy atom. The molecule has 14 heteroatoms. The van der Waals surface area contributed by atoms with Gasteiger partial charge < -0.3 is 24.6 Å². The second-order valence-corrected chi connectivity index (χ2v) is 8.87. The van der Waals surface area contributed by atoms with Gasteiger partial charge in [0.25, 0.3) is 5.56 Å². The first-order valence-corrected chi connectivity index (χ1v) is 11.9. The number of carbonyl (C=O) groups excluding carboxylic acids is 3. The average molecular weight is 529 g/mol. The Kier molecular flexibility index (Phi) is 8.33. The first kappa shape index (κ1) is 26.8. The van der Waals surface area contributed by atoms with Gasteiger partial charge in [-0.05, 0) is 5.56 Å². The number of alkyl carbamates (subject to hydrolysis) is 1. The van der Waals surface area contributed by atoms with Crippen LogP contribution in [-0.4, -0.2) is 68.0 Å². The molecule has 2 aromatic heterocycles. The highest BCUT2D eigenvalue weighted by molar-refractivity contribution is 5.91. The van der Waals surface area contributed by atoms with E-state index in [0.29, 0.717) is 0 Å². The third-order valence-corrected chi connectivity index (χ3v) is 5.75. The highest BCUT2D eigenvalue weighted by atomic mass is 16.6. The average Bonchev–Trinajstić information content (AvgIpc) is 3.50. The number of rotatable bonds is 9. The Morgan fingerprint density at radius 2 is 2.03 bits per heavy atom. The van der Waals surface area contributed by atoms with Crippen LogP contribution >= 0.6 is 0 Å². The Hall–Kier alpha value is -4.30. The molecule has 14 nitrogen and oxygen atoms in total. The molecular formula is C24H28N6O8. The number of aliphatic hydroxyl groups is 1. The summed E-state index contributed by atoms with van der Waals surface area (Å²) in [6, 6.07) is 9.08. The maximum absolute atomic E-state index is 12.4. The number of carbonyl (C=O) groups is 3. The molecule has 0 radical (unpaired) electrons. The first-order valence-electron chi connectivity index (χ1n) is 11.9. The molecule has 3 unspecified atom stereocenters. The monoisotopic (exact) mass is 528 g/mol. The standard InChI is InChI=1S/C24H28N6O8/c1-13(2)21(33)28-23-27-20-19(22(34)29-23)26-12-30(20)17-8-15(16(10-31)37-17)38-24(35)25-9-18(32)36-11-14-6-4-3-5-7-14/h3-7,12-13,15-17,31H,8-11H2,1-2H3,(H,25,35)(H2,27,28,29,33,34). The summed E-state index contributed by atoms with van der Waals surface area (Å²) in [6.07, 6.45) is -1.98. The molecule has 202 valence electrons. The van der Waals surface area contributed by atoms with E-state index in [4.69, 9.17) is 14.2 Å². The maximum Gasteiger partial charge on any atom is 0.408 e. The van der Waals surface area contributed by atoms with E-state index in [1.807, 2.05) is 18.2 Å². The minimum Gasteiger partial charge on any atom is -0.460 e. The second kappa shape index (κ2) is 11.8. The van der Waals surface area contributed by atoms with Gasteiger partial charge in [-0.1, -0.05) is 44.2 Å². The van der Waals surface area contributed by atoms with Crippen LogP contribution in [-0.2, 0) is 30.4 Å². The van der Waals surface area contributed by atoms with Gasteiger partial charge in [0.05, 0.1) is 12.9 Å². The van der Waals surface area contributed by atoms with E-state index in [2.05, 4.69) is 25.6 Å². The zero-order chi connectivity index (χ0) is 27.2. The van der Waals surface area contributed by atoms with Crippen molar-refractivity contribution in [2.45, 2.75) is 45.3 Å². The quantitative estimate of drug-likeness (QED) is 0.290. The van der Waals surface area contributed by atoms with Crippen molar-refractivity contribution < 1.29 is 33.7 Å². The fourth-order valence-electron chi connectivity index (χ4n) is 3.73.